The van der Waals surface area contributed by atoms with E-state index in [0.29, 0.717) is 5.56 Å². The van der Waals surface area contributed by atoms with Crippen molar-refractivity contribution in [3.63, 3.8) is 0 Å². The number of carbonyl (C=O) groups excluding carboxylic acids is 2. The lowest BCUT2D eigenvalue weighted by atomic mass is 9.81. The Hall–Kier alpha value is -3.21. The number of hydrogen-bond donors (Lipinski definition) is 0. The van der Waals surface area contributed by atoms with E-state index in [1.54, 1.807) is 6.08 Å². The second kappa shape index (κ2) is 8.21. The molecule has 0 bridgehead atoms. The Morgan fingerprint density at radius 2 is 1.68 bits per heavy atom. The molecule has 2 aromatic carbocycles. The first-order chi connectivity index (χ1) is 13.4. The average molecular weight is 377 g/mol. The van der Waals surface area contributed by atoms with Crippen LogP contribution in [0.25, 0.3) is 6.08 Å². The molecular formula is C23H23NO4. The molecule has 5 heteroatoms. The van der Waals surface area contributed by atoms with Crippen LogP contribution < -0.4 is 0 Å². The van der Waals surface area contributed by atoms with Gasteiger partial charge in [0, 0.05) is 12.5 Å². The van der Waals surface area contributed by atoms with Gasteiger partial charge in [-0.05, 0) is 29.7 Å². The highest BCUT2D eigenvalue weighted by Crippen LogP contribution is 2.36. The summed E-state index contributed by atoms with van der Waals surface area (Å²) < 4.78 is 11.1. The highest BCUT2D eigenvalue weighted by atomic mass is 16.6. The van der Waals surface area contributed by atoms with E-state index in [9.17, 15) is 9.59 Å². The van der Waals surface area contributed by atoms with Crippen molar-refractivity contribution in [3.05, 3.63) is 77.9 Å². The molecule has 0 saturated heterocycles. The number of ether oxygens (including phenoxy) is 2. The molecule has 0 radical (unpaired) electrons. The van der Waals surface area contributed by atoms with Crippen LogP contribution in [-0.4, -0.2) is 29.5 Å². The lowest BCUT2D eigenvalue weighted by Crippen LogP contribution is -2.51. The Kier molecular flexibility index (Phi) is 5.73. The Balaban J connectivity index is 2.05. The van der Waals surface area contributed by atoms with Gasteiger partial charge in [0.05, 0.1) is 0 Å². The summed E-state index contributed by atoms with van der Waals surface area (Å²) in [6.07, 6.45) is 2.63. The van der Waals surface area contributed by atoms with Crippen molar-refractivity contribution in [3.8, 4) is 0 Å². The predicted octanol–water partition coefficient (Wildman–Crippen LogP) is 4.03. The number of benzene rings is 2. The van der Waals surface area contributed by atoms with Crippen molar-refractivity contribution in [1.29, 1.82) is 0 Å². The monoisotopic (exact) mass is 377 g/mol. The van der Waals surface area contributed by atoms with Gasteiger partial charge < -0.3 is 9.47 Å². The minimum Gasteiger partial charge on any atom is -0.455 e. The van der Waals surface area contributed by atoms with E-state index in [0.717, 1.165) is 5.56 Å². The average Bonchev–Trinajstić information content (AvgIpc) is 3.05. The van der Waals surface area contributed by atoms with Gasteiger partial charge in [0.2, 0.25) is 11.4 Å². The number of esters is 2. The lowest BCUT2D eigenvalue weighted by Gasteiger charge is -2.32. The molecule has 0 N–H and O–H groups in total. The number of carbonyl (C=O) groups is 2. The molecule has 0 aliphatic carbocycles. The number of rotatable bonds is 6. The molecule has 0 saturated carbocycles. The predicted molar refractivity (Wildman–Crippen MR) is 108 cm³/mol. The molecule has 3 rings (SSSR count). The van der Waals surface area contributed by atoms with E-state index in [1.165, 1.54) is 6.92 Å². The molecule has 1 aliphatic rings. The summed E-state index contributed by atoms with van der Waals surface area (Å²) in [5.74, 6) is -1.03. The fraction of sp³-hybridized carbons (Fsp3) is 0.261. The van der Waals surface area contributed by atoms with Gasteiger partial charge in [-0.3, -0.25) is 4.79 Å². The van der Waals surface area contributed by atoms with Crippen molar-refractivity contribution < 1.29 is 19.1 Å². The Labute approximate surface area is 164 Å². The summed E-state index contributed by atoms with van der Waals surface area (Å²) in [7, 11) is 0. The van der Waals surface area contributed by atoms with Crippen LogP contribution in [0.4, 0.5) is 0 Å². The molecule has 0 spiro atoms. The van der Waals surface area contributed by atoms with Gasteiger partial charge in [0.1, 0.15) is 0 Å². The Bertz CT molecular complexity index is 903. The molecule has 28 heavy (non-hydrogen) atoms. The minimum absolute atomic E-state index is 0.240. The SMILES string of the molecule is CC(=O)O[C@H](/C=C/c1ccccc1)[C@]1(C(C)C)N=C(c2ccccc2)OC1=O. The number of nitrogens with zero attached hydrogens (tertiary/aromatic N) is 1. The normalized spacial score (nSPS) is 20.1. The van der Waals surface area contributed by atoms with E-state index in [2.05, 4.69) is 4.99 Å². The molecular weight excluding hydrogens is 354 g/mol. The quantitative estimate of drug-likeness (QED) is 0.713. The molecule has 5 nitrogen and oxygen atoms in total. The number of cyclic esters (lactones) is 1. The first kappa shape index (κ1) is 19.5. The molecule has 0 aromatic heterocycles. The molecule has 0 amide bonds. The van der Waals surface area contributed by atoms with Crippen LogP contribution in [0.3, 0.4) is 0 Å². The second-order valence-corrected chi connectivity index (χ2v) is 6.95. The van der Waals surface area contributed by atoms with Gasteiger partial charge >= 0.3 is 11.9 Å². The fourth-order valence-electron chi connectivity index (χ4n) is 3.20. The number of hydrogen-bond acceptors (Lipinski definition) is 5. The summed E-state index contributed by atoms with van der Waals surface area (Å²) in [6, 6.07) is 18.8. The number of aliphatic imine (C=N–C) groups is 1. The molecule has 0 fully saturated rings. The molecule has 1 heterocycles. The van der Waals surface area contributed by atoms with Gasteiger partial charge in [0.15, 0.2) is 6.10 Å². The first-order valence-electron chi connectivity index (χ1n) is 9.21. The zero-order chi connectivity index (χ0) is 20.1. The largest absolute Gasteiger partial charge is 0.455 e. The molecule has 144 valence electrons. The van der Waals surface area contributed by atoms with Crippen LogP contribution in [0.5, 0.6) is 0 Å². The van der Waals surface area contributed by atoms with Gasteiger partial charge in [-0.25, -0.2) is 9.79 Å². The van der Waals surface area contributed by atoms with Crippen molar-refractivity contribution in [2.24, 2.45) is 10.9 Å². The van der Waals surface area contributed by atoms with Gasteiger partial charge in [-0.15, -0.1) is 0 Å². The van der Waals surface area contributed by atoms with E-state index in [4.69, 9.17) is 9.47 Å². The highest BCUT2D eigenvalue weighted by Gasteiger charge is 2.55. The summed E-state index contributed by atoms with van der Waals surface area (Å²) in [5.41, 5.74) is 0.284. The van der Waals surface area contributed by atoms with Gasteiger partial charge in [-0.1, -0.05) is 68.5 Å². The lowest BCUT2D eigenvalue weighted by molar-refractivity contribution is -0.155. The maximum Gasteiger partial charge on any atom is 0.345 e. The van der Waals surface area contributed by atoms with E-state index in [1.807, 2.05) is 80.6 Å². The van der Waals surface area contributed by atoms with Crippen molar-refractivity contribution >= 4 is 23.9 Å². The van der Waals surface area contributed by atoms with Crippen molar-refractivity contribution in [2.75, 3.05) is 0 Å². The van der Waals surface area contributed by atoms with Crippen molar-refractivity contribution in [2.45, 2.75) is 32.4 Å². The van der Waals surface area contributed by atoms with Gasteiger partial charge in [0.25, 0.3) is 0 Å². The maximum absolute atomic E-state index is 13.0. The summed E-state index contributed by atoms with van der Waals surface area (Å²) in [5, 5.41) is 0. The first-order valence-corrected chi connectivity index (χ1v) is 9.21. The van der Waals surface area contributed by atoms with E-state index in [-0.39, 0.29) is 11.8 Å². The Morgan fingerprint density at radius 3 is 2.25 bits per heavy atom. The van der Waals surface area contributed by atoms with Crippen molar-refractivity contribution in [1.82, 2.24) is 0 Å². The zero-order valence-electron chi connectivity index (χ0n) is 16.2. The summed E-state index contributed by atoms with van der Waals surface area (Å²) >= 11 is 0. The third-order valence-corrected chi connectivity index (χ3v) is 4.69. The Morgan fingerprint density at radius 1 is 1.07 bits per heavy atom. The van der Waals surface area contributed by atoms with Crippen LogP contribution in [0, 0.1) is 5.92 Å². The zero-order valence-corrected chi connectivity index (χ0v) is 16.2. The standard InChI is InChI=1S/C23H23NO4/c1-16(2)23(22(26)28-21(24-23)19-12-8-5-9-13-19)20(27-17(3)25)15-14-18-10-6-4-7-11-18/h4-16,20H,1-3H3/b15-14+/t20-,23+/m1/s1. The topological polar surface area (TPSA) is 65.0 Å². The molecule has 0 unspecified atom stereocenters. The highest BCUT2D eigenvalue weighted by molar-refractivity contribution is 6.08. The van der Waals surface area contributed by atoms with Crippen LogP contribution >= 0.6 is 0 Å². The minimum atomic E-state index is -1.35. The fourth-order valence-corrected chi connectivity index (χ4v) is 3.20. The van der Waals surface area contributed by atoms with Crippen LogP contribution in [0.2, 0.25) is 0 Å². The smallest absolute Gasteiger partial charge is 0.345 e. The molecule has 1 aliphatic heterocycles. The van der Waals surface area contributed by atoms with Crippen LogP contribution in [-0.2, 0) is 19.1 Å². The third-order valence-electron chi connectivity index (χ3n) is 4.69. The summed E-state index contributed by atoms with van der Waals surface area (Å²) in [6.45, 7) is 5.05. The molecule has 2 aromatic rings. The molecule has 2 atom stereocenters. The summed E-state index contributed by atoms with van der Waals surface area (Å²) in [4.78, 5) is 29.4. The van der Waals surface area contributed by atoms with Crippen LogP contribution in [0.15, 0.2) is 71.7 Å². The van der Waals surface area contributed by atoms with Gasteiger partial charge in [-0.2, -0.15) is 0 Å². The maximum atomic E-state index is 13.0. The third kappa shape index (κ3) is 3.88. The van der Waals surface area contributed by atoms with Crippen LogP contribution in [0.1, 0.15) is 31.9 Å². The van der Waals surface area contributed by atoms with E-state index >= 15 is 0 Å². The van der Waals surface area contributed by atoms with E-state index < -0.39 is 23.6 Å². The second-order valence-electron chi connectivity index (χ2n) is 6.95.